The van der Waals surface area contributed by atoms with Crippen LogP contribution in [0.25, 0.3) is 0 Å². The van der Waals surface area contributed by atoms with Gasteiger partial charge in [0, 0.05) is 20.8 Å². The largest absolute Gasteiger partial charge is 0.394 e. The van der Waals surface area contributed by atoms with Gasteiger partial charge in [0.15, 0.2) is 25.1 Å². The monoisotopic (exact) mass is 903 g/mol. The van der Waals surface area contributed by atoms with Gasteiger partial charge in [-0.25, -0.2) is 0 Å². The molecule has 28 heteroatoms. The topological polar surface area (TPSA) is 447 Å². The summed E-state index contributed by atoms with van der Waals surface area (Å²) >= 11 is 0. The number of carbonyl (C=O) groups is 5. The van der Waals surface area contributed by atoms with E-state index in [4.69, 9.17) is 38.9 Å². The zero-order valence-electron chi connectivity index (χ0n) is 33.6. The Morgan fingerprint density at radius 1 is 0.548 bits per heavy atom. The highest BCUT2D eigenvalue weighted by molar-refractivity contribution is 5.90. The van der Waals surface area contributed by atoms with Gasteiger partial charge in [0.1, 0.15) is 104 Å². The molecule has 62 heavy (non-hydrogen) atoms. The van der Waals surface area contributed by atoms with E-state index in [1.165, 1.54) is 0 Å². The number of hydrogen-bond acceptors (Lipinski definition) is 23. The summed E-state index contributed by atoms with van der Waals surface area (Å²) in [5.74, 6) is -4.23. The van der Waals surface area contributed by atoms with Crippen molar-refractivity contribution in [2.75, 3.05) is 26.4 Å². The van der Waals surface area contributed by atoms with Gasteiger partial charge in [-0.1, -0.05) is 0 Å². The van der Waals surface area contributed by atoms with Crippen LogP contribution >= 0.6 is 0 Å². The molecule has 28 nitrogen and oxygen atoms in total. The first-order valence-electron chi connectivity index (χ1n) is 19.3. The van der Waals surface area contributed by atoms with Crippen LogP contribution in [0.4, 0.5) is 0 Å². The number of carbonyl (C=O) groups excluding carboxylic acids is 5. The predicted molar refractivity (Wildman–Crippen MR) is 194 cm³/mol. The number of hydrogen-bond donors (Lipinski definition) is 16. The van der Waals surface area contributed by atoms with Crippen LogP contribution in [0.3, 0.4) is 0 Å². The second-order valence-corrected chi connectivity index (χ2v) is 15.1. The molecule has 21 atom stereocenters. The van der Waals surface area contributed by atoms with Gasteiger partial charge in [-0.3, -0.25) is 24.0 Å². The fourth-order valence-corrected chi connectivity index (χ4v) is 7.27. The van der Waals surface area contributed by atoms with Gasteiger partial charge in [0.25, 0.3) is 0 Å². The molecule has 0 aromatic rings. The molecule has 4 aliphatic heterocycles. The molecule has 4 heterocycles. The normalized spacial score (nSPS) is 41.6. The number of ether oxygens (including phenoxy) is 7. The Hall–Kier alpha value is -3.37. The molecule has 356 valence electrons. The van der Waals surface area contributed by atoms with Gasteiger partial charge >= 0.3 is 0 Å². The molecule has 0 radical (unpaired) electrons. The van der Waals surface area contributed by atoms with Gasteiger partial charge in [-0.2, -0.15) is 0 Å². The number of aliphatic hydroxyl groups excluding tert-OH is 11. The minimum Gasteiger partial charge on any atom is -0.394 e. The molecule has 0 saturated carbocycles. The van der Waals surface area contributed by atoms with Crippen LogP contribution in [-0.4, -0.2) is 241 Å². The summed E-state index contributed by atoms with van der Waals surface area (Å²) in [6.45, 7) is -0.262. The lowest BCUT2D eigenvalue weighted by Gasteiger charge is -2.50. The molecule has 0 spiro atoms. The molecule has 0 bridgehead atoms. The summed E-state index contributed by atoms with van der Waals surface area (Å²) < 4.78 is 39.8. The third-order valence-corrected chi connectivity index (χ3v) is 10.4. The molecule has 4 aliphatic rings. The Bertz CT molecular complexity index is 1530. The second kappa shape index (κ2) is 22.5. The molecular weight excluding hydrogens is 846 g/mol. The van der Waals surface area contributed by atoms with E-state index in [1.807, 2.05) is 0 Å². The van der Waals surface area contributed by atoms with E-state index in [0.29, 0.717) is 0 Å². The first kappa shape index (κ1) is 51.3. The Balaban J connectivity index is 1.52. The number of rotatable bonds is 17. The van der Waals surface area contributed by atoms with E-state index in [-0.39, 0.29) is 0 Å². The van der Waals surface area contributed by atoms with Crippen molar-refractivity contribution in [3.8, 4) is 0 Å². The van der Waals surface area contributed by atoms with Gasteiger partial charge < -0.3 is 116 Å². The number of aliphatic hydroxyl groups is 11. The Kier molecular flexibility index (Phi) is 18.6. The maximum atomic E-state index is 12.9. The minimum absolute atomic E-state index is 0.679. The Morgan fingerprint density at radius 2 is 1.02 bits per heavy atom. The van der Waals surface area contributed by atoms with Crippen LogP contribution in [-0.2, 0) is 57.1 Å². The van der Waals surface area contributed by atoms with Crippen molar-refractivity contribution in [2.45, 2.75) is 156 Å². The van der Waals surface area contributed by atoms with Crippen LogP contribution in [0.2, 0.25) is 0 Å². The third-order valence-electron chi connectivity index (χ3n) is 10.4. The van der Waals surface area contributed by atoms with Crippen LogP contribution in [0.1, 0.15) is 27.2 Å². The standard InChI is InChI=1S/C34H57N5O23/c1-9(43)36-12(30(35)55)4-17(46)39-31-18(37-10(2)44)22(49)28(14(6-41)57-31)61-32-19(38-11(3)45)23(50)29(15(7-42)59-32)62-34-27(54)25(52)21(48)16(60-34)8-56-33-26(53)24(51)20(47)13(5-40)58-33/h12-16,18-29,31-34,40-42,47-54H,4-8H2,1-3H3,(H2,35,55)(H,36,43)(H,37,44)(H,38,45)(H,39,46)/t12-,13+,14+,15+,16+,18+,19+,20+,21+,22+,23+,24-,25-,26-,27-,28+,29+,31?,32-,33+,34-/m0/s1. The highest BCUT2D eigenvalue weighted by Crippen LogP contribution is 2.33. The molecule has 1 unspecified atom stereocenters. The molecule has 5 amide bonds. The van der Waals surface area contributed by atoms with E-state index in [1.54, 1.807) is 0 Å². The number of amides is 5. The first-order valence-corrected chi connectivity index (χ1v) is 19.3. The van der Waals surface area contributed by atoms with Crippen molar-refractivity contribution in [1.82, 2.24) is 21.3 Å². The van der Waals surface area contributed by atoms with E-state index >= 15 is 0 Å². The fraction of sp³-hybridized carbons (Fsp3) is 0.853. The molecule has 4 fully saturated rings. The van der Waals surface area contributed by atoms with Crippen molar-refractivity contribution in [3.63, 3.8) is 0 Å². The summed E-state index contributed by atoms with van der Waals surface area (Å²) in [6, 6.07) is -4.69. The molecule has 4 saturated heterocycles. The second-order valence-electron chi connectivity index (χ2n) is 15.1. The van der Waals surface area contributed by atoms with Crippen LogP contribution < -0.4 is 27.0 Å². The van der Waals surface area contributed by atoms with Crippen LogP contribution in [0.5, 0.6) is 0 Å². The van der Waals surface area contributed by atoms with Gasteiger partial charge in [0.05, 0.1) is 32.8 Å². The van der Waals surface area contributed by atoms with Gasteiger partial charge in [0.2, 0.25) is 29.5 Å². The number of primary amides is 1. The number of nitrogens with one attached hydrogen (secondary N) is 4. The summed E-state index contributed by atoms with van der Waals surface area (Å²) in [4.78, 5) is 60.9. The average Bonchev–Trinajstić information content (AvgIpc) is 3.20. The summed E-state index contributed by atoms with van der Waals surface area (Å²) in [6.07, 6.45) is -32.7. The van der Waals surface area contributed by atoms with E-state index < -0.39 is 191 Å². The summed E-state index contributed by atoms with van der Waals surface area (Å²) in [7, 11) is 0. The minimum atomic E-state index is -2.06. The lowest BCUT2D eigenvalue weighted by Crippen LogP contribution is -2.71. The summed E-state index contributed by atoms with van der Waals surface area (Å²) in [5.41, 5.74) is 5.27. The van der Waals surface area contributed by atoms with Crippen molar-refractivity contribution < 1.29 is 113 Å². The van der Waals surface area contributed by atoms with Gasteiger partial charge in [-0.15, -0.1) is 0 Å². The summed E-state index contributed by atoms with van der Waals surface area (Å²) in [5, 5.41) is 125. The zero-order chi connectivity index (χ0) is 46.3. The van der Waals surface area contributed by atoms with Crippen molar-refractivity contribution >= 4 is 29.5 Å². The van der Waals surface area contributed by atoms with E-state index in [2.05, 4.69) is 21.3 Å². The molecule has 17 N–H and O–H groups in total. The molecule has 0 aromatic heterocycles. The van der Waals surface area contributed by atoms with Crippen molar-refractivity contribution in [1.29, 1.82) is 0 Å². The van der Waals surface area contributed by atoms with E-state index in [0.717, 1.165) is 20.8 Å². The highest BCUT2D eigenvalue weighted by Gasteiger charge is 2.55. The lowest BCUT2D eigenvalue weighted by atomic mass is 9.93. The average molecular weight is 904 g/mol. The van der Waals surface area contributed by atoms with E-state index in [9.17, 15) is 80.1 Å². The molecule has 0 aromatic carbocycles. The fourth-order valence-electron chi connectivity index (χ4n) is 7.27. The third kappa shape index (κ3) is 12.2. The smallest absolute Gasteiger partial charge is 0.240 e. The van der Waals surface area contributed by atoms with Crippen molar-refractivity contribution in [3.05, 3.63) is 0 Å². The number of nitrogens with two attached hydrogens (primary N) is 1. The highest BCUT2D eigenvalue weighted by atomic mass is 16.8. The lowest BCUT2D eigenvalue weighted by molar-refractivity contribution is -0.363. The Labute approximate surface area is 352 Å². The molecule has 4 rings (SSSR count). The van der Waals surface area contributed by atoms with Crippen molar-refractivity contribution in [2.24, 2.45) is 5.73 Å². The molecular formula is C34H57N5O23. The maximum absolute atomic E-state index is 12.9. The maximum Gasteiger partial charge on any atom is 0.240 e. The van der Waals surface area contributed by atoms with Gasteiger partial charge in [-0.05, 0) is 0 Å². The van der Waals surface area contributed by atoms with Crippen LogP contribution in [0.15, 0.2) is 0 Å². The quantitative estimate of drug-likeness (QED) is 0.0644. The SMILES string of the molecule is CC(=O)N[C@H]1[C@H](O[C@H]2[C@H](O)[C@@H](NC(C)=O)C(NC(=O)C[C@H](NC(C)=O)C(N)=O)O[C@@H]2CO)O[C@H](CO)[C@@H](O[C@@H]2O[C@H](CO[C@@H]3O[C@H](CO)[C@@H](O)[C@H](O)[C@@H]3O)[C@@H](O)[C@H](O)[C@@H]2O)[C@@H]1O. The molecule has 0 aliphatic carbocycles. The first-order chi connectivity index (χ1) is 29.1. The van der Waals surface area contributed by atoms with Crippen LogP contribution in [0, 0.1) is 0 Å². The Morgan fingerprint density at radius 3 is 1.55 bits per heavy atom. The predicted octanol–water partition coefficient (Wildman–Crippen LogP) is -11.0. The zero-order valence-corrected chi connectivity index (χ0v) is 33.6.